The molecule has 35 heavy (non-hydrogen) atoms. The minimum Gasteiger partial charge on any atom is -0.495 e. The lowest BCUT2D eigenvalue weighted by atomic mass is 10.1. The van der Waals surface area contributed by atoms with Crippen LogP contribution in [-0.2, 0) is 11.4 Å². The highest BCUT2D eigenvalue weighted by Gasteiger charge is 2.37. The number of methoxy groups -OCH3 is 2. The summed E-state index contributed by atoms with van der Waals surface area (Å²) < 4.78 is 17.4. The van der Waals surface area contributed by atoms with E-state index in [1.807, 2.05) is 6.07 Å². The quantitative estimate of drug-likeness (QED) is 0.263. The van der Waals surface area contributed by atoms with E-state index in [1.165, 1.54) is 14.2 Å². The maximum absolute atomic E-state index is 13.1. The normalized spacial score (nSPS) is 14.5. The molecular formula is C25H18BrCl2NO5S. The number of para-hydroxylation sites is 2. The molecule has 4 rings (SSSR count). The number of halogens is 3. The Morgan fingerprint density at radius 3 is 2.43 bits per heavy atom. The lowest BCUT2D eigenvalue weighted by Crippen LogP contribution is -2.28. The van der Waals surface area contributed by atoms with Crippen LogP contribution in [0.5, 0.6) is 17.2 Å². The van der Waals surface area contributed by atoms with Gasteiger partial charge in [0.25, 0.3) is 11.1 Å². The van der Waals surface area contributed by atoms with E-state index >= 15 is 0 Å². The number of amides is 2. The molecular weight excluding hydrogens is 577 g/mol. The lowest BCUT2D eigenvalue weighted by Gasteiger charge is -2.16. The predicted molar refractivity (Wildman–Crippen MR) is 143 cm³/mol. The Kier molecular flexibility index (Phi) is 7.96. The smallest absolute Gasteiger partial charge is 0.298 e. The maximum atomic E-state index is 13.1. The van der Waals surface area contributed by atoms with Crippen molar-refractivity contribution < 1.29 is 23.8 Å². The van der Waals surface area contributed by atoms with Crippen LogP contribution in [0.25, 0.3) is 6.08 Å². The summed E-state index contributed by atoms with van der Waals surface area (Å²) in [7, 11) is 3.01. The van der Waals surface area contributed by atoms with Crippen LogP contribution in [0.4, 0.5) is 10.5 Å². The second kappa shape index (κ2) is 11.0. The number of carbonyl (C=O) groups is 2. The van der Waals surface area contributed by atoms with Crippen LogP contribution in [0.15, 0.2) is 64.0 Å². The summed E-state index contributed by atoms with van der Waals surface area (Å²) in [6, 6.07) is 15.6. The van der Waals surface area contributed by atoms with Gasteiger partial charge in [-0.2, -0.15) is 0 Å². The van der Waals surface area contributed by atoms with Crippen molar-refractivity contribution in [1.29, 1.82) is 0 Å². The summed E-state index contributed by atoms with van der Waals surface area (Å²) in [6.07, 6.45) is 1.64. The Hall–Kier alpha value is -2.65. The molecule has 0 aliphatic carbocycles. The number of thioether (sulfide) groups is 1. The van der Waals surface area contributed by atoms with Gasteiger partial charge in [0.2, 0.25) is 0 Å². The maximum Gasteiger partial charge on any atom is 0.298 e. The molecule has 0 aromatic heterocycles. The fourth-order valence-electron chi connectivity index (χ4n) is 3.39. The molecule has 0 saturated carbocycles. The summed E-state index contributed by atoms with van der Waals surface area (Å²) >= 11 is 16.4. The van der Waals surface area contributed by atoms with Gasteiger partial charge in [-0.1, -0.05) is 41.4 Å². The van der Waals surface area contributed by atoms with Crippen molar-refractivity contribution in [2.24, 2.45) is 0 Å². The van der Waals surface area contributed by atoms with Gasteiger partial charge < -0.3 is 14.2 Å². The van der Waals surface area contributed by atoms with E-state index in [0.717, 1.165) is 22.2 Å². The van der Waals surface area contributed by atoms with Crippen LogP contribution in [0, 0.1) is 0 Å². The highest BCUT2D eigenvalue weighted by molar-refractivity contribution is 9.10. The molecule has 180 valence electrons. The Labute approximate surface area is 224 Å². The highest BCUT2D eigenvalue weighted by atomic mass is 79.9. The van der Waals surface area contributed by atoms with Gasteiger partial charge in [-0.3, -0.25) is 9.59 Å². The molecule has 1 aliphatic rings. The van der Waals surface area contributed by atoms with Gasteiger partial charge in [0.05, 0.1) is 39.3 Å². The first-order chi connectivity index (χ1) is 16.8. The van der Waals surface area contributed by atoms with Gasteiger partial charge in [0, 0.05) is 0 Å². The van der Waals surface area contributed by atoms with Crippen LogP contribution in [0.1, 0.15) is 11.1 Å². The number of carbonyl (C=O) groups excluding carboxylic acids is 2. The van der Waals surface area contributed by atoms with E-state index in [1.54, 1.807) is 54.6 Å². The van der Waals surface area contributed by atoms with Gasteiger partial charge in [-0.05, 0) is 81.3 Å². The number of rotatable bonds is 7. The van der Waals surface area contributed by atoms with Crippen molar-refractivity contribution >= 4 is 73.8 Å². The minimum absolute atomic E-state index is 0.239. The summed E-state index contributed by atoms with van der Waals surface area (Å²) in [5, 5.41) is 0.503. The van der Waals surface area contributed by atoms with E-state index in [-0.39, 0.29) is 11.5 Å². The fraction of sp³-hybridized carbons (Fsp3) is 0.120. The number of hydrogen-bond acceptors (Lipinski definition) is 6. The van der Waals surface area contributed by atoms with Crippen molar-refractivity contribution in [3.8, 4) is 17.2 Å². The number of hydrogen-bond donors (Lipinski definition) is 0. The zero-order chi connectivity index (χ0) is 25.1. The van der Waals surface area contributed by atoms with E-state index in [0.29, 0.717) is 43.0 Å². The molecule has 0 unspecified atom stereocenters. The summed E-state index contributed by atoms with van der Waals surface area (Å²) in [4.78, 5) is 27.1. The molecule has 0 spiro atoms. The SMILES string of the molecule is COc1ccccc1N1C(=O)S/C(=C\c2cc(Br)c(OCc3ccc(Cl)c(Cl)c3)c(OC)c2)C1=O. The molecule has 3 aromatic carbocycles. The number of nitrogens with zero attached hydrogens (tertiary/aromatic N) is 1. The van der Waals surface area contributed by atoms with Crippen LogP contribution < -0.4 is 19.1 Å². The van der Waals surface area contributed by atoms with Crippen molar-refractivity contribution in [2.75, 3.05) is 19.1 Å². The van der Waals surface area contributed by atoms with Crippen LogP contribution in [-0.4, -0.2) is 25.4 Å². The molecule has 1 aliphatic heterocycles. The molecule has 2 amide bonds. The highest BCUT2D eigenvalue weighted by Crippen LogP contribution is 2.42. The third kappa shape index (κ3) is 5.46. The summed E-state index contributed by atoms with van der Waals surface area (Å²) in [6.45, 7) is 0.239. The van der Waals surface area contributed by atoms with E-state index in [4.69, 9.17) is 37.4 Å². The first-order valence-electron chi connectivity index (χ1n) is 10.2. The van der Waals surface area contributed by atoms with E-state index < -0.39 is 11.1 Å². The van der Waals surface area contributed by atoms with E-state index in [9.17, 15) is 9.59 Å². The molecule has 10 heteroatoms. The standard InChI is InChI=1S/C25H18BrCl2NO5S/c1-32-20-6-4-3-5-19(20)29-24(30)22(35-25(29)31)12-15-9-16(26)23(21(11-15)33-2)34-13-14-7-8-17(27)18(28)10-14/h3-12H,13H2,1-2H3/b22-12-. The summed E-state index contributed by atoms with van der Waals surface area (Å²) in [5.74, 6) is 0.941. The van der Waals surface area contributed by atoms with Crippen molar-refractivity contribution in [1.82, 2.24) is 0 Å². The van der Waals surface area contributed by atoms with E-state index in [2.05, 4.69) is 15.9 Å². The Bertz CT molecular complexity index is 1350. The summed E-state index contributed by atoms with van der Waals surface area (Å²) in [5.41, 5.74) is 1.88. The molecule has 3 aromatic rings. The first-order valence-corrected chi connectivity index (χ1v) is 12.5. The third-order valence-electron chi connectivity index (χ3n) is 5.04. The molecule has 1 fully saturated rings. The largest absolute Gasteiger partial charge is 0.495 e. The molecule has 0 bridgehead atoms. The first kappa shape index (κ1) is 25.4. The predicted octanol–water partition coefficient (Wildman–Crippen LogP) is 7.59. The molecule has 6 nitrogen and oxygen atoms in total. The topological polar surface area (TPSA) is 65.1 Å². The number of ether oxygens (including phenoxy) is 3. The van der Waals surface area contributed by atoms with Crippen molar-refractivity contribution in [3.63, 3.8) is 0 Å². The van der Waals surface area contributed by atoms with Crippen LogP contribution >= 0.6 is 50.9 Å². The molecule has 1 heterocycles. The Morgan fingerprint density at radius 1 is 0.971 bits per heavy atom. The third-order valence-corrected chi connectivity index (χ3v) is 7.23. The average molecular weight is 595 g/mol. The fourth-order valence-corrected chi connectivity index (χ4v) is 5.12. The van der Waals surface area contributed by atoms with Crippen LogP contribution in [0.2, 0.25) is 10.0 Å². The molecule has 1 saturated heterocycles. The Morgan fingerprint density at radius 2 is 1.71 bits per heavy atom. The second-order valence-electron chi connectivity index (χ2n) is 7.26. The minimum atomic E-state index is -0.431. The molecule has 0 atom stereocenters. The number of imide groups is 1. The Balaban J connectivity index is 1.59. The number of anilines is 1. The number of benzene rings is 3. The van der Waals surface area contributed by atoms with Crippen LogP contribution in [0.3, 0.4) is 0 Å². The zero-order valence-corrected chi connectivity index (χ0v) is 22.4. The zero-order valence-electron chi connectivity index (χ0n) is 18.5. The molecule has 0 radical (unpaired) electrons. The van der Waals surface area contributed by atoms with Gasteiger partial charge in [0.15, 0.2) is 11.5 Å². The van der Waals surface area contributed by atoms with Gasteiger partial charge in [-0.15, -0.1) is 0 Å². The van der Waals surface area contributed by atoms with Gasteiger partial charge >= 0.3 is 0 Å². The van der Waals surface area contributed by atoms with Crippen molar-refractivity contribution in [3.05, 3.63) is 85.1 Å². The second-order valence-corrected chi connectivity index (χ2v) is 9.92. The monoisotopic (exact) mass is 593 g/mol. The van der Waals surface area contributed by atoms with Gasteiger partial charge in [-0.25, -0.2) is 4.90 Å². The van der Waals surface area contributed by atoms with Gasteiger partial charge in [0.1, 0.15) is 12.4 Å². The lowest BCUT2D eigenvalue weighted by molar-refractivity contribution is -0.113. The molecule has 0 N–H and O–H groups in total. The van der Waals surface area contributed by atoms with Crippen molar-refractivity contribution in [2.45, 2.75) is 6.61 Å². The average Bonchev–Trinajstić information content (AvgIpc) is 3.12.